The van der Waals surface area contributed by atoms with Crippen molar-refractivity contribution in [1.29, 1.82) is 0 Å². The summed E-state index contributed by atoms with van der Waals surface area (Å²) in [5, 5.41) is 3.41. The summed E-state index contributed by atoms with van der Waals surface area (Å²) in [5.74, 6) is 0. The largest absolute Gasteiger partial charge is 0.313 e. The molecule has 1 aliphatic rings. The molecule has 0 amide bonds. The smallest absolute Gasteiger partial charge is 0.0202 e. The molecule has 0 spiro atoms. The Bertz CT molecular complexity index is 211. The predicted octanol–water partition coefficient (Wildman–Crippen LogP) is 2.66. The van der Waals surface area contributed by atoms with Crippen molar-refractivity contribution in [2.75, 3.05) is 32.7 Å². The molecule has 1 saturated heterocycles. The maximum absolute atomic E-state index is 4.15. The van der Waals surface area contributed by atoms with E-state index in [0.717, 1.165) is 19.6 Å². The van der Waals surface area contributed by atoms with E-state index in [-0.39, 0.29) is 0 Å². The van der Waals surface area contributed by atoms with E-state index < -0.39 is 0 Å². The molecule has 0 aromatic carbocycles. The molecule has 1 aliphatic heterocycles. The van der Waals surface area contributed by atoms with Crippen LogP contribution in [0.15, 0.2) is 12.2 Å². The SMILES string of the molecule is C=C(CNCCC)CN1CCC(C)(C)CC1. The van der Waals surface area contributed by atoms with E-state index in [0.29, 0.717) is 5.41 Å². The summed E-state index contributed by atoms with van der Waals surface area (Å²) in [7, 11) is 0. The van der Waals surface area contributed by atoms with Crippen LogP contribution in [-0.2, 0) is 0 Å². The summed E-state index contributed by atoms with van der Waals surface area (Å²) in [5.41, 5.74) is 1.88. The van der Waals surface area contributed by atoms with Gasteiger partial charge in [0.2, 0.25) is 0 Å². The van der Waals surface area contributed by atoms with Gasteiger partial charge in [-0.25, -0.2) is 0 Å². The summed E-state index contributed by atoms with van der Waals surface area (Å²) in [6.07, 6.45) is 3.84. The lowest BCUT2D eigenvalue weighted by Crippen LogP contribution is -2.39. The molecule has 0 aliphatic carbocycles. The lowest BCUT2D eigenvalue weighted by Gasteiger charge is -2.37. The highest BCUT2D eigenvalue weighted by Crippen LogP contribution is 2.29. The minimum absolute atomic E-state index is 0.554. The van der Waals surface area contributed by atoms with Crippen molar-refractivity contribution in [2.45, 2.75) is 40.0 Å². The highest BCUT2D eigenvalue weighted by Gasteiger charge is 2.25. The number of piperidine rings is 1. The van der Waals surface area contributed by atoms with Crippen LogP contribution < -0.4 is 5.32 Å². The summed E-state index contributed by atoms with van der Waals surface area (Å²) in [6.45, 7) is 16.7. The fourth-order valence-electron chi connectivity index (χ4n) is 2.13. The third-order valence-electron chi connectivity index (χ3n) is 3.46. The zero-order valence-electron chi connectivity index (χ0n) is 11.3. The Kier molecular flexibility index (Phi) is 5.50. The minimum Gasteiger partial charge on any atom is -0.313 e. The third-order valence-corrected chi connectivity index (χ3v) is 3.46. The Morgan fingerprint density at radius 1 is 1.31 bits per heavy atom. The molecule has 0 unspecified atom stereocenters. The van der Waals surface area contributed by atoms with E-state index in [4.69, 9.17) is 0 Å². The van der Waals surface area contributed by atoms with Gasteiger partial charge in [0.15, 0.2) is 0 Å². The molecule has 1 N–H and O–H groups in total. The van der Waals surface area contributed by atoms with Gasteiger partial charge < -0.3 is 5.32 Å². The van der Waals surface area contributed by atoms with Crippen LogP contribution in [0.2, 0.25) is 0 Å². The van der Waals surface area contributed by atoms with Gasteiger partial charge in [0.05, 0.1) is 0 Å². The van der Waals surface area contributed by atoms with Gasteiger partial charge in [-0.3, -0.25) is 4.90 Å². The molecule has 94 valence electrons. The first kappa shape index (κ1) is 13.7. The Morgan fingerprint density at radius 3 is 2.50 bits per heavy atom. The number of nitrogens with one attached hydrogen (secondary N) is 1. The van der Waals surface area contributed by atoms with Gasteiger partial charge in [-0.15, -0.1) is 0 Å². The first-order valence-electron chi connectivity index (χ1n) is 6.63. The van der Waals surface area contributed by atoms with Crippen molar-refractivity contribution in [2.24, 2.45) is 5.41 Å². The molecule has 0 atom stereocenters. The van der Waals surface area contributed by atoms with Crippen LogP contribution in [0.1, 0.15) is 40.0 Å². The van der Waals surface area contributed by atoms with Crippen molar-refractivity contribution in [1.82, 2.24) is 10.2 Å². The van der Waals surface area contributed by atoms with Crippen molar-refractivity contribution in [3.05, 3.63) is 12.2 Å². The maximum atomic E-state index is 4.15. The lowest BCUT2D eigenvalue weighted by molar-refractivity contribution is 0.141. The van der Waals surface area contributed by atoms with E-state index in [1.165, 1.54) is 37.9 Å². The van der Waals surface area contributed by atoms with E-state index in [9.17, 15) is 0 Å². The van der Waals surface area contributed by atoms with Gasteiger partial charge in [0.25, 0.3) is 0 Å². The molecule has 1 fully saturated rings. The first-order valence-corrected chi connectivity index (χ1v) is 6.63. The molecule has 1 rings (SSSR count). The highest BCUT2D eigenvalue weighted by molar-refractivity contribution is 5.00. The summed E-state index contributed by atoms with van der Waals surface area (Å²) >= 11 is 0. The lowest BCUT2D eigenvalue weighted by atomic mass is 9.82. The van der Waals surface area contributed by atoms with E-state index in [2.05, 4.69) is 37.6 Å². The average Bonchev–Trinajstić information content (AvgIpc) is 2.22. The zero-order valence-corrected chi connectivity index (χ0v) is 11.3. The van der Waals surface area contributed by atoms with E-state index in [1.54, 1.807) is 0 Å². The Labute approximate surface area is 101 Å². The van der Waals surface area contributed by atoms with E-state index in [1.807, 2.05) is 0 Å². The molecule has 2 nitrogen and oxygen atoms in total. The summed E-state index contributed by atoms with van der Waals surface area (Å²) in [6, 6.07) is 0. The van der Waals surface area contributed by atoms with Gasteiger partial charge in [0.1, 0.15) is 0 Å². The van der Waals surface area contributed by atoms with Crippen LogP contribution in [0.25, 0.3) is 0 Å². The Balaban J connectivity index is 2.16. The molecule has 2 heteroatoms. The molecule has 0 bridgehead atoms. The predicted molar refractivity (Wildman–Crippen MR) is 71.8 cm³/mol. The van der Waals surface area contributed by atoms with Gasteiger partial charge in [-0.1, -0.05) is 27.4 Å². The fourth-order valence-corrected chi connectivity index (χ4v) is 2.13. The molecule has 0 aromatic rings. The van der Waals surface area contributed by atoms with Crippen LogP contribution in [0.5, 0.6) is 0 Å². The number of hydrogen-bond acceptors (Lipinski definition) is 2. The van der Waals surface area contributed by atoms with Crippen LogP contribution >= 0.6 is 0 Å². The molecule has 16 heavy (non-hydrogen) atoms. The molecule has 1 heterocycles. The Morgan fingerprint density at radius 2 is 1.94 bits per heavy atom. The second-order valence-electron chi connectivity index (χ2n) is 5.87. The highest BCUT2D eigenvalue weighted by atomic mass is 15.1. The number of hydrogen-bond donors (Lipinski definition) is 1. The van der Waals surface area contributed by atoms with Crippen LogP contribution in [0, 0.1) is 5.41 Å². The second kappa shape index (κ2) is 6.41. The molecular weight excluding hydrogens is 196 g/mol. The minimum atomic E-state index is 0.554. The van der Waals surface area contributed by atoms with Crippen LogP contribution in [0.3, 0.4) is 0 Å². The van der Waals surface area contributed by atoms with Gasteiger partial charge in [-0.05, 0) is 49.9 Å². The third kappa shape index (κ3) is 5.13. The van der Waals surface area contributed by atoms with Gasteiger partial charge in [-0.2, -0.15) is 0 Å². The molecular formula is C14H28N2. The monoisotopic (exact) mass is 224 g/mol. The Hall–Kier alpha value is -0.340. The topological polar surface area (TPSA) is 15.3 Å². The fraction of sp³-hybridized carbons (Fsp3) is 0.857. The van der Waals surface area contributed by atoms with Crippen molar-refractivity contribution < 1.29 is 0 Å². The summed E-state index contributed by atoms with van der Waals surface area (Å²) in [4.78, 5) is 2.54. The first-order chi connectivity index (χ1) is 7.53. The maximum Gasteiger partial charge on any atom is 0.0202 e. The zero-order chi connectivity index (χ0) is 12.0. The van der Waals surface area contributed by atoms with Gasteiger partial charge >= 0.3 is 0 Å². The van der Waals surface area contributed by atoms with Crippen LogP contribution in [0.4, 0.5) is 0 Å². The molecule has 0 saturated carbocycles. The van der Waals surface area contributed by atoms with Crippen LogP contribution in [-0.4, -0.2) is 37.6 Å². The second-order valence-corrected chi connectivity index (χ2v) is 5.87. The number of nitrogens with zero attached hydrogens (tertiary/aromatic N) is 1. The van der Waals surface area contributed by atoms with E-state index >= 15 is 0 Å². The average molecular weight is 224 g/mol. The van der Waals surface area contributed by atoms with Crippen molar-refractivity contribution >= 4 is 0 Å². The van der Waals surface area contributed by atoms with Crippen molar-refractivity contribution in [3.63, 3.8) is 0 Å². The van der Waals surface area contributed by atoms with Gasteiger partial charge in [0, 0.05) is 13.1 Å². The quantitative estimate of drug-likeness (QED) is 0.551. The normalized spacial score (nSPS) is 20.9. The standard InChI is InChI=1S/C14H28N2/c1-5-8-15-11-13(2)12-16-9-6-14(3,4)7-10-16/h15H,2,5-12H2,1,3-4H3. The number of likely N-dealkylation sites (tertiary alicyclic amines) is 1. The summed E-state index contributed by atoms with van der Waals surface area (Å²) < 4.78 is 0. The molecule has 0 aromatic heterocycles. The number of rotatable bonds is 6. The molecule has 0 radical (unpaired) electrons. The van der Waals surface area contributed by atoms with Crippen molar-refractivity contribution in [3.8, 4) is 0 Å².